The molecule has 0 unspecified atom stereocenters. The summed E-state index contributed by atoms with van der Waals surface area (Å²) in [5.74, 6) is 0. The molecule has 1 fully saturated rings. The van der Waals surface area contributed by atoms with Crippen molar-refractivity contribution >= 4 is 11.4 Å². The Hall–Kier alpha value is -2.52. The van der Waals surface area contributed by atoms with E-state index < -0.39 is 6.10 Å². The van der Waals surface area contributed by atoms with Gasteiger partial charge in [0, 0.05) is 25.2 Å². The maximum Gasteiger partial charge on any atom is 0.169 e. The Kier molecular flexibility index (Phi) is 6.52. The predicted molar refractivity (Wildman–Crippen MR) is 117 cm³/mol. The lowest BCUT2D eigenvalue weighted by molar-refractivity contribution is 0.0685. The maximum absolute atomic E-state index is 9.95. The lowest BCUT2D eigenvalue weighted by Gasteiger charge is -2.31. The minimum atomic E-state index is -0.561. The number of anilines is 1. The molecule has 4 heterocycles. The van der Waals surface area contributed by atoms with Gasteiger partial charge in [-0.05, 0) is 52.2 Å². The zero-order chi connectivity index (χ0) is 22.0. The van der Waals surface area contributed by atoms with Crippen molar-refractivity contribution in [2.75, 3.05) is 31.2 Å². The van der Waals surface area contributed by atoms with Crippen LogP contribution in [0.15, 0.2) is 17.4 Å². The third kappa shape index (κ3) is 4.88. The van der Waals surface area contributed by atoms with Crippen LogP contribution in [0.1, 0.15) is 61.5 Å². The Morgan fingerprint density at radius 2 is 2.23 bits per heavy atom. The van der Waals surface area contributed by atoms with Crippen LogP contribution in [0.2, 0.25) is 0 Å². The first-order chi connectivity index (χ1) is 14.9. The summed E-state index contributed by atoms with van der Waals surface area (Å²) in [4.78, 5) is 12.9. The molecule has 4 rings (SSSR count). The highest BCUT2D eigenvalue weighted by atomic mass is 16.6. The number of aromatic nitrogens is 4. The van der Waals surface area contributed by atoms with Crippen LogP contribution < -0.4 is 4.90 Å². The van der Waals surface area contributed by atoms with Crippen LogP contribution in [0.4, 0.5) is 5.69 Å². The lowest BCUT2D eigenvalue weighted by atomic mass is 10.0. The van der Waals surface area contributed by atoms with E-state index in [9.17, 15) is 5.11 Å². The van der Waals surface area contributed by atoms with Crippen molar-refractivity contribution < 1.29 is 14.7 Å². The van der Waals surface area contributed by atoms with Gasteiger partial charge >= 0.3 is 0 Å². The fourth-order valence-corrected chi connectivity index (χ4v) is 3.98. The average Bonchev–Trinajstić information content (AvgIpc) is 3.40. The SMILES string of the molecule is CC(CCN1CCCc2nc(C)c(C)cc21)=NO[C@H](C)c1cn([C@@H]2COC[C@@H]2O)nn1. The number of aliphatic hydroxyl groups excluding tert-OH is 1. The first-order valence-electron chi connectivity index (χ1n) is 11.0. The van der Waals surface area contributed by atoms with Crippen LogP contribution >= 0.6 is 0 Å². The molecule has 0 aromatic carbocycles. The predicted octanol–water partition coefficient (Wildman–Crippen LogP) is 2.52. The highest BCUT2D eigenvalue weighted by Gasteiger charge is 2.29. The Labute approximate surface area is 183 Å². The molecule has 0 bridgehead atoms. The van der Waals surface area contributed by atoms with E-state index in [2.05, 4.69) is 40.3 Å². The van der Waals surface area contributed by atoms with Gasteiger partial charge in [-0.3, -0.25) is 4.98 Å². The largest absolute Gasteiger partial charge is 0.388 e. The van der Waals surface area contributed by atoms with Crippen LogP contribution in [0.5, 0.6) is 0 Å². The molecule has 9 nitrogen and oxygen atoms in total. The van der Waals surface area contributed by atoms with Crippen LogP contribution in [-0.4, -0.2) is 63.2 Å². The van der Waals surface area contributed by atoms with Crippen LogP contribution in [0, 0.1) is 13.8 Å². The fraction of sp³-hybridized carbons (Fsp3) is 0.636. The summed E-state index contributed by atoms with van der Waals surface area (Å²) in [6, 6.07) is 2.06. The number of pyridine rings is 1. The van der Waals surface area contributed by atoms with Gasteiger partial charge in [0.25, 0.3) is 0 Å². The lowest BCUT2D eigenvalue weighted by Crippen LogP contribution is -2.32. The molecular formula is C22H32N6O3. The van der Waals surface area contributed by atoms with Crippen LogP contribution in [0.3, 0.4) is 0 Å². The van der Waals surface area contributed by atoms with Crippen LogP contribution in [0.25, 0.3) is 0 Å². The minimum Gasteiger partial charge on any atom is -0.388 e. The number of oxime groups is 1. The van der Waals surface area contributed by atoms with Crippen molar-refractivity contribution in [3.8, 4) is 0 Å². The van der Waals surface area contributed by atoms with Crippen molar-refractivity contribution in [3.05, 3.63) is 34.9 Å². The maximum atomic E-state index is 9.95. The smallest absolute Gasteiger partial charge is 0.169 e. The van der Waals surface area contributed by atoms with Gasteiger partial charge in [0.15, 0.2) is 6.10 Å². The summed E-state index contributed by atoms with van der Waals surface area (Å²) in [5.41, 5.74) is 6.42. The molecular weight excluding hydrogens is 396 g/mol. The number of aryl methyl sites for hydroxylation is 3. The highest BCUT2D eigenvalue weighted by molar-refractivity contribution is 5.82. The van der Waals surface area contributed by atoms with Crippen molar-refractivity contribution in [2.45, 2.75) is 65.2 Å². The Balaban J connectivity index is 1.32. The van der Waals surface area contributed by atoms with E-state index >= 15 is 0 Å². The summed E-state index contributed by atoms with van der Waals surface area (Å²) in [7, 11) is 0. The molecule has 2 aliphatic rings. The third-order valence-corrected chi connectivity index (χ3v) is 6.12. The summed E-state index contributed by atoms with van der Waals surface area (Å²) >= 11 is 0. The molecule has 168 valence electrons. The van der Waals surface area contributed by atoms with E-state index in [1.807, 2.05) is 13.8 Å². The topological polar surface area (TPSA) is 97.9 Å². The van der Waals surface area contributed by atoms with E-state index in [0.717, 1.165) is 43.8 Å². The molecule has 2 aromatic heterocycles. The van der Waals surface area contributed by atoms with Gasteiger partial charge in [-0.2, -0.15) is 0 Å². The Bertz CT molecular complexity index is 943. The molecule has 2 aromatic rings. The molecule has 2 aliphatic heterocycles. The van der Waals surface area contributed by atoms with Gasteiger partial charge in [0.05, 0.1) is 36.5 Å². The van der Waals surface area contributed by atoms with Gasteiger partial charge in [0.1, 0.15) is 17.8 Å². The number of fused-ring (bicyclic) bond motifs is 1. The van der Waals surface area contributed by atoms with Crippen molar-refractivity contribution in [1.29, 1.82) is 0 Å². The van der Waals surface area contributed by atoms with Gasteiger partial charge < -0.3 is 19.6 Å². The standard InChI is InChI=1S/C22H32N6O3/c1-14-10-20-18(23-16(14)3)6-5-8-27(20)9-7-15(2)25-31-17(4)19-11-28(26-24-19)21-12-30-13-22(21)29/h10-11,17,21-22,29H,5-9,12-13H2,1-4H3/t17-,21-,22+/m1/s1. The molecule has 1 N–H and O–H groups in total. The molecule has 0 amide bonds. The second-order valence-electron chi connectivity index (χ2n) is 8.57. The summed E-state index contributed by atoms with van der Waals surface area (Å²) in [6.45, 7) is 10.8. The molecule has 0 aliphatic carbocycles. The number of hydrogen-bond donors (Lipinski definition) is 1. The van der Waals surface area contributed by atoms with E-state index in [-0.39, 0.29) is 12.1 Å². The Morgan fingerprint density at radius 1 is 1.39 bits per heavy atom. The number of hydrogen-bond acceptors (Lipinski definition) is 8. The van der Waals surface area contributed by atoms with E-state index in [0.29, 0.717) is 18.9 Å². The molecule has 9 heteroatoms. The first kappa shape index (κ1) is 21.7. The minimum absolute atomic E-state index is 0.201. The summed E-state index contributed by atoms with van der Waals surface area (Å²) < 4.78 is 6.93. The monoisotopic (exact) mass is 428 g/mol. The summed E-state index contributed by atoms with van der Waals surface area (Å²) in [5, 5.41) is 22.5. The second kappa shape index (κ2) is 9.32. The van der Waals surface area contributed by atoms with Gasteiger partial charge in [-0.25, -0.2) is 4.68 Å². The van der Waals surface area contributed by atoms with Gasteiger partial charge in [-0.1, -0.05) is 10.4 Å². The average molecular weight is 429 g/mol. The second-order valence-corrected chi connectivity index (χ2v) is 8.57. The first-order valence-corrected chi connectivity index (χ1v) is 11.0. The highest BCUT2D eigenvalue weighted by Crippen LogP contribution is 2.28. The molecule has 0 spiro atoms. The number of nitrogens with zero attached hydrogens (tertiary/aromatic N) is 6. The van der Waals surface area contributed by atoms with Crippen molar-refractivity contribution in [2.24, 2.45) is 5.16 Å². The Morgan fingerprint density at radius 3 is 3.00 bits per heavy atom. The van der Waals surface area contributed by atoms with E-state index in [1.54, 1.807) is 10.9 Å². The zero-order valence-electron chi connectivity index (χ0n) is 18.8. The van der Waals surface area contributed by atoms with Gasteiger partial charge in [0.2, 0.25) is 0 Å². The van der Waals surface area contributed by atoms with Gasteiger partial charge in [-0.15, -0.1) is 5.10 Å². The van der Waals surface area contributed by atoms with E-state index in [4.69, 9.17) is 14.6 Å². The normalized spacial score (nSPS) is 22.5. The zero-order valence-corrected chi connectivity index (χ0v) is 18.8. The van der Waals surface area contributed by atoms with Crippen LogP contribution in [-0.2, 0) is 16.0 Å². The fourth-order valence-electron chi connectivity index (χ4n) is 3.98. The molecule has 0 saturated carbocycles. The number of ether oxygens (including phenoxy) is 1. The number of rotatable bonds is 7. The van der Waals surface area contributed by atoms with Crippen molar-refractivity contribution in [3.63, 3.8) is 0 Å². The molecule has 0 radical (unpaired) electrons. The number of aliphatic hydroxyl groups is 1. The van der Waals surface area contributed by atoms with E-state index in [1.165, 1.54) is 16.9 Å². The molecule has 31 heavy (non-hydrogen) atoms. The molecule has 3 atom stereocenters. The quantitative estimate of drug-likeness (QED) is 0.534. The molecule has 1 saturated heterocycles. The summed E-state index contributed by atoms with van der Waals surface area (Å²) in [6.07, 6.45) is 3.90. The third-order valence-electron chi connectivity index (χ3n) is 6.12. The van der Waals surface area contributed by atoms with Crippen molar-refractivity contribution in [1.82, 2.24) is 20.0 Å².